The van der Waals surface area contributed by atoms with Crippen LogP contribution in [0, 0.1) is 23.0 Å². The van der Waals surface area contributed by atoms with Crippen LogP contribution in [-0.4, -0.2) is 22.8 Å². The molecule has 0 heterocycles. The third-order valence-corrected chi connectivity index (χ3v) is 4.27. The van der Waals surface area contributed by atoms with Gasteiger partial charge in [0.15, 0.2) is 0 Å². The Balaban J connectivity index is 2.19. The van der Waals surface area contributed by atoms with Gasteiger partial charge in [0, 0.05) is 13.0 Å². The summed E-state index contributed by atoms with van der Waals surface area (Å²) >= 11 is 0. The first-order valence-corrected chi connectivity index (χ1v) is 7.72. The molecule has 1 atom stereocenters. The molecule has 23 heavy (non-hydrogen) atoms. The van der Waals surface area contributed by atoms with Crippen molar-refractivity contribution >= 4 is 23.2 Å². The molecular formula is C16H21N3O4. The van der Waals surface area contributed by atoms with Gasteiger partial charge in [0.2, 0.25) is 11.8 Å². The molecule has 0 saturated heterocycles. The van der Waals surface area contributed by atoms with Gasteiger partial charge in [-0.05, 0) is 31.7 Å². The van der Waals surface area contributed by atoms with Gasteiger partial charge in [-0.25, -0.2) is 0 Å². The Morgan fingerprint density at radius 3 is 2.52 bits per heavy atom. The molecule has 1 aliphatic carbocycles. The van der Waals surface area contributed by atoms with Gasteiger partial charge in [-0.15, -0.1) is 0 Å². The van der Waals surface area contributed by atoms with E-state index in [2.05, 4.69) is 10.6 Å². The van der Waals surface area contributed by atoms with Crippen molar-refractivity contribution in [3.05, 3.63) is 33.9 Å². The van der Waals surface area contributed by atoms with Gasteiger partial charge in [0.25, 0.3) is 5.69 Å². The summed E-state index contributed by atoms with van der Waals surface area (Å²) in [6, 6.07) is 3.95. The number of rotatable bonds is 5. The molecule has 0 spiro atoms. The Hall–Kier alpha value is -2.44. The highest BCUT2D eigenvalue weighted by Gasteiger charge is 2.31. The van der Waals surface area contributed by atoms with Crippen molar-refractivity contribution in [2.75, 3.05) is 5.32 Å². The molecule has 2 rings (SSSR count). The quantitative estimate of drug-likeness (QED) is 0.643. The molecule has 0 radical (unpaired) electrons. The number of hydrogen-bond donors (Lipinski definition) is 2. The maximum Gasteiger partial charge on any atom is 0.274 e. The number of amides is 2. The summed E-state index contributed by atoms with van der Waals surface area (Å²) in [4.78, 5) is 34.5. The lowest BCUT2D eigenvalue weighted by atomic mass is 9.97. The second-order valence-electron chi connectivity index (χ2n) is 5.92. The van der Waals surface area contributed by atoms with Gasteiger partial charge < -0.3 is 10.6 Å². The summed E-state index contributed by atoms with van der Waals surface area (Å²) in [6.07, 6.45) is 3.88. The topological polar surface area (TPSA) is 101 Å². The van der Waals surface area contributed by atoms with Gasteiger partial charge >= 0.3 is 0 Å². The first-order valence-electron chi connectivity index (χ1n) is 7.72. The summed E-state index contributed by atoms with van der Waals surface area (Å²) in [5.74, 6) is -0.471. The van der Waals surface area contributed by atoms with Crippen molar-refractivity contribution in [2.24, 2.45) is 5.92 Å². The summed E-state index contributed by atoms with van der Waals surface area (Å²) in [5, 5.41) is 16.4. The smallest absolute Gasteiger partial charge is 0.274 e. The number of hydrogen-bond acceptors (Lipinski definition) is 4. The molecule has 7 heteroatoms. The molecule has 1 fully saturated rings. The van der Waals surface area contributed by atoms with E-state index in [1.54, 1.807) is 13.0 Å². The molecule has 124 valence electrons. The molecule has 0 aromatic heterocycles. The summed E-state index contributed by atoms with van der Waals surface area (Å²) < 4.78 is 0. The first-order chi connectivity index (χ1) is 10.9. The minimum Gasteiger partial charge on any atom is -0.344 e. The van der Waals surface area contributed by atoms with Crippen molar-refractivity contribution in [3.8, 4) is 0 Å². The highest BCUT2D eigenvalue weighted by Crippen LogP contribution is 2.29. The lowest BCUT2D eigenvalue weighted by Crippen LogP contribution is -2.47. The van der Waals surface area contributed by atoms with Crippen molar-refractivity contribution in [1.29, 1.82) is 0 Å². The molecule has 1 aromatic rings. The predicted molar refractivity (Wildman–Crippen MR) is 86.0 cm³/mol. The number of carbonyl (C=O) groups is 2. The van der Waals surface area contributed by atoms with Crippen LogP contribution >= 0.6 is 0 Å². The van der Waals surface area contributed by atoms with Gasteiger partial charge in [0.05, 0.1) is 16.2 Å². The van der Waals surface area contributed by atoms with Crippen LogP contribution in [0.25, 0.3) is 0 Å². The third kappa shape index (κ3) is 4.06. The second kappa shape index (κ2) is 7.21. The number of anilines is 1. The molecule has 2 N–H and O–H groups in total. The number of nitro groups is 1. The molecule has 1 aliphatic rings. The highest BCUT2D eigenvalue weighted by atomic mass is 16.6. The Labute approximate surface area is 134 Å². The molecule has 1 unspecified atom stereocenters. The van der Waals surface area contributed by atoms with Crippen molar-refractivity contribution in [2.45, 2.75) is 45.6 Å². The number of nitrogens with one attached hydrogen (secondary N) is 2. The van der Waals surface area contributed by atoms with Gasteiger partial charge in [0.1, 0.15) is 6.04 Å². The summed E-state index contributed by atoms with van der Waals surface area (Å²) in [5.41, 5.74) is 0.760. The van der Waals surface area contributed by atoms with Crippen LogP contribution in [0.5, 0.6) is 0 Å². The molecule has 1 saturated carbocycles. The van der Waals surface area contributed by atoms with Crippen molar-refractivity contribution in [3.63, 3.8) is 0 Å². The van der Waals surface area contributed by atoms with Crippen LogP contribution in [-0.2, 0) is 9.59 Å². The largest absolute Gasteiger partial charge is 0.344 e. The van der Waals surface area contributed by atoms with Crippen LogP contribution < -0.4 is 10.6 Å². The van der Waals surface area contributed by atoms with Crippen LogP contribution in [0.3, 0.4) is 0 Å². The van der Waals surface area contributed by atoms with E-state index in [0.29, 0.717) is 11.3 Å². The maximum absolute atomic E-state index is 12.6. The standard InChI is InChI=1S/C16H21N3O4/c1-10-13(8-5-9-14(10)19(22)23)18-16(21)15(17-11(2)20)12-6-3-4-7-12/h5,8-9,12,15H,3-4,6-7H2,1-2H3,(H,17,20)(H,18,21). The van der Waals surface area contributed by atoms with E-state index in [9.17, 15) is 19.7 Å². The van der Waals surface area contributed by atoms with Crippen LogP contribution in [0.4, 0.5) is 11.4 Å². The van der Waals surface area contributed by atoms with Crippen molar-refractivity contribution in [1.82, 2.24) is 5.32 Å². The minimum atomic E-state index is -0.603. The number of carbonyl (C=O) groups excluding carboxylic acids is 2. The SMILES string of the molecule is CC(=O)NC(C(=O)Nc1cccc([N+](=O)[O-])c1C)C1CCCC1. The third-order valence-electron chi connectivity index (χ3n) is 4.27. The number of nitrogens with zero attached hydrogens (tertiary/aromatic N) is 1. The summed E-state index contributed by atoms with van der Waals surface area (Å²) in [6.45, 7) is 2.98. The minimum absolute atomic E-state index is 0.0419. The average Bonchev–Trinajstić information content (AvgIpc) is 3.00. The van der Waals surface area contributed by atoms with E-state index in [1.165, 1.54) is 19.1 Å². The summed E-state index contributed by atoms with van der Waals surface area (Å²) in [7, 11) is 0. The van der Waals surface area contributed by atoms with Gasteiger partial charge in [-0.2, -0.15) is 0 Å². The zero-order chi connectivity index (χ0) is 17.0. The molecule has 0 aliphatic heterocycles. The Bertz CT molecular complexity index is 624. The van der Waals surface area contributed by atoms with E-state index >= 15 is 0 Å². The molecule has 7 nitrogen and oxygen atoms in total. The zero-order valence-electron chi connectivity index (χ0n) is 13.3. The zero-order valence-corrected chi connectivity index (χ0v) is 13.3. The lowest BCUT2D eigenvalue weighted by molar-refractivity contribution is -0.385. The highest BCUT2D eigenvalue weighted by molar-refractivity contribution is 5.98. The first kappa shape index (κ1) is 16.9. The van der Waals surface area contributed by atoms with Crippen LogP contribution in [0.1, 0.15) is 38.2 Å². The fourth-order valence-electron chi connectivity index (χ4n) is 3.07. The molecule has 2 amide bonds. The fraction of sp³-hybridized carbons (Fsp3) is 0.500. The number of benzene rings is 1. The Morgan fingerprint density at radius 1 is 1.30 bits per heavy atom. The Morgan fingerprint density at radius 2 is 1.96 bits per heavy atom. The fourth-order valence-corrected chi connectivity index (χ4v) is 3.07. The van der Waals surface area contributed by atoms with E-state index < -0.39 is 11.0 Å². The van der Waals surface area contributed by atoms with Crippen LogP contribution in [0.15, 0.2) is 18.2 Å². The van der Waals surface area contributed by atoms with Gasteiger partial charge in [-0.3, -0.25) is 19.7 Å². The normalized spacial score (nSPS) is 15.9. The van der Waals surface area contributed by atoms with E-state index in [1.807, 2.05) is 0 Å². The van der Waals surface area contributed by atoms with E-state index in [-0.39, 0.29) is 23.4 Å². The average molecular weight is 319 g/mol. The monoisotopic (exact) mass is 319 g/mol. The Kier molecular flexibility index (Phi) is 5.31. The molecule has 1 aromatic carbocycles. The van der Waals surface area contributed by atoms with Crippen LogP contribution in [0.2, 0.25) is 0 Å². The second-order valence-corrected chi connectivity index (χ2v) is 5.92. The molecule has 0 bridgehead atoms. The maximum atomic E-state index is 12.6. The van der Waals surface area contributed by atoms with Gasteiger partial charge in [-0.1, -0.05) is 18.9 Å². The lowest BCUT2D eigenvalue weighted by Gasteiger charge is -2.23. The molecular weight excluding hydrogens is 298 g/mol. The van der Waals surface area contributed by atoms with Crippen molar-refractivity contribution < 1.29 is 14.5 Å². The number of nitro benzene ring substituents is 1. The predicted octanol–water partition coefficient (Wildman–Crippen LogP) is 2.54. The van der Waals surface area contributed by atoms with E-state index in [0.717, 1.165) is 25.7 Å². The van der Waals surface area contributed by atoms with E-state index in [4.69, 9.17) is 0 Å².